The van der Waals surface area contributed by atoms with Gasteiger partial charge in [-0.05, 0) is 30.7 Å². The Bertz CT molecular complexity index is 704. The van der Waals surface area contributed by atoms with Gasteiger partial charge in [-0.1, -0.05) is 0 Å². The Morgan fingerprint density at radius 3 is 2.62 bits per heavy atom. The number of nitrogens with zero attached hydrogens (tertiary/aromatic N) is 5. The maximum absolute atomic E-state index is 11.7. The van der Waals surface area contributed by atoms with Crippen molar-refractivity contribution in [2.45, 2.75) is 19.4 Å². The third-order valence-corrected chi connectivity index (χ3v) is 2.73. The van der Waals surface area contributed by atoms with Crippen LogP contribution in [0.5, 0.6) is 0 Å². The summed E-state index contributed by atoms with van der Waals surface area (Å²) in [5, 5.41) is 23.9. The highest BCUT2D eigenvalue weighted by Gasteiger charge is 2.04. The standard InChI is InChI=1S/C14H12N6O/c15-8-11-3-5-12(6-4-11)18-14(21)2-1-7-20-10-17-13(9-16)19-20/h3-6,10H,1-2,7H2,(H,18,21). The van der Waals surface area contributed by atoms with E-state index in [1.165, 1.54) is 11.0 Å². The van der Waals surface area contributed by atoms with Crippen molar-refractivity contribution in [3.63, 3.8) is 0 Å². The number of amides is 1. The second kappa shape index (κ2) is 6.83. The molecule has 1 amide bonds. The van der Waals surface area contributed by atoms with Gasteiger partial charge in [0.1, 0.15) is 12.4 Å². The maximum Gasteiger partial charge on any atom is 0.252 e. The van der Waals surface area contributed by atoms with Crippen molar-refractivity contribution in [2.24, 2.45) is 0 Å². The number of hydrogen-bond donors (Lipinski definition) is 1. The number of aromatic nitrogens is 3. The minimum Gasteiger partial charge on any atom is -0.326 e. The summed E-state index contributed by atoms with van der Waals surface area (Å²) in [6.07, 6.45) is 2.40. The zero-order chi connectivity index (χ0) is 15.1. The second-order valence-electron chi connectivity index (χ2n) is 4.28. The van der Waals surface area contributed by atoms with Crippen LogP contribution >= 0.6 is 0 Å². The molecule has 1 aromatic carbocycles. The molecule has 7 heteroatoms. The molecule has 0 radical (unpaired) electrons. The van der Waals surface area contributed by atoms with E-state index in [2.05, 4.69) is 15.4 Å². The number of hydrogen-bond acceptors (Lipinski definition) is 5. The van der Waals surface area contributed by atoms with Crippen LogP contribution in [0.3, 0.4) is 0 Å². The number of carbonyl (C=O) groups is 1. The van der Waals surface area contributed by atoms with Crippen molar-refractivity contribution < 1.29 is 4.79 Å². The molecular weight excluding hydrogens is 268 g/mol. The molecule has 21 heavy (non-hydrogen) atoms. The van der Waals surface area contributed by atoms with E-state index in [1.807, 2.05) is 12.1 Å². The Morgan fingerprint density at radius 1 is 1.24 bits per heavy atom. The van der Waals surface area contributed by atoms with E-state index in [0.29, 0.717) is 30.6 Å². The lowest BCUT2D eigenvalue weighted by atomic mass is 10.2. The van der Waals surface area contributed by atoms with Gasteiger partial charge in [-0.2, -0.15) is 10.5 Å². The lowest BCUT2D eigenvalue weighted by Gasteiger charge is -2.05. The fourth-order valence-electron chi connectivity index (χ4n) is 1.71. The summed E-state index contributed by atoms with van der Waals surface area (Å²) in [5.41, 5.74) is 1.21. The number of nitriles is 2. The van der Waals surface area contributed by atoms with E-state index in [9.17, 15) is 4.79 Å². The molecular formula is C14H12N6O. The van der Waals surface area contributed by atoms with Crippen LogP contribution in [-0.2, 0) is 11.3 Å². The number of rotatable bonds is 5. The minimum absolute atomic E-state index is 0.111. The molecule has 0 bridgehead atoms. The van der Waals surface area contributed by atoms with E-state index in [0.717, 1.165) is 0 Å². The van der Waals surface area contributed by atoms with Gasteiger partial charge in [-0.3, -0.25) is 9.48 Å². The molecule has 0 aliphatic rings. The van der Waals surface area contributed by atoms with Crippen molar-refractivity contribution >= 4 is 11.6 Å². The van der Waals surface area contributed by atoms with Gasteiger partial charge in [0.25, 0.3) is 5.82 Å². The summed E-state index contributed by atoms with van der Waals surface area (Å²) in [4.78, 5) is 15.5. The van der Waals surface area contributed by atoms with Crippen LogP contribution in [0.1, 0.15) is 24.2 Å². The molecule has 0 saturated heterocycles. The summed E-state index contributed by atoms with van der Waals surface area (Å²) in [6.45, 7) is 0.523. The third-order valence-electron chi connectivity index (χ3n) is 2.73. The SMILES string of the molecule is N#Cc1ccc(NC(=O)CCCn2cnc(C#N)n2)cc1. The highest BCUT2D eigenvalue weighted by Crippen LogP contribution is 2.09. The summed E-state index contributed by atoms with van der Waals surface area (Å²) in [5.74, 6) is 0.0114. The van der Waals surface area contributed by atoms with Gasteiger partial charge in [-0.15, -0.1) is 5.10 Å². The van der Waals surface area contributed by atoms with Crippen LogP contribution in [0.15, 0.2) is 30.6 Å². The Kier molecular flexibility index (Phi) is 4.62. The summed E-state index contributed by atoms with van der Waals surface area (Å²) in [7, 11) is 0. The lowest BCUT2D eigenvalue weighted by Crippen LogP contribution is -2.12. The molecule has 1 heterocycles. The van der Waals surface area contributed by atoms with Gasteiger partial charge in [0.15, 0.2) is 0 Å². The predicted octanol–water partition coefficient (Wildman–Crippen LogP) is 1.44. The van der Waals surface area contributed by atoms with Crippen LogP contribution in [0.2, 0.25) is 0 Å². The Balaban J connectivity index is 1.77. The molecule has 0 aliphatic carbocycles. The largest absolute Gasteiger partial charge is 0.326 e. The van der Waals surface area contributed by atoms with E-state index in [-0.39, 0.29) is 11.7 Å². The van der Waals surface area contributed by atoms with E-state index in [1.54, 1.807) is 24.3 Å². The lowest BCUT2D eigenvalue weighted by molar-refractivity contribution is -0.116. The molecule has 0 saturated carbocycles. The van der Waals surface area contributed by atoms with Crippen LogP contribution in [-0.4, -0.2) is 20.7 Å². The van der Waals surface area contributed by atoms with Gasteiger partial charge in [0.05, 0.1) is 11.6 Å². The fraction of sp³-hybridized carbons (Fsp3) is 0.214. The van der Waals surface area contributed by atoms with Crippen molar-refractivity contribution in [3.8, 4) is 12.1 Å². The summed E-state index contributed by atoms with van der Waals surface area (Å²) < 4.78 is 1.54. The van der Waals surface area contributed by atoms with E-state index < -0.39 is 0 Å². The fourth-order valence-corrected chi connectivity index (χ4v) is 1.71. The Morgan fingerprint density at radius 2 is 2.00 bits per heavy atom. The first-order valence-electron chi connectivity index (χ1n) is 6.31. The van der Waals surface area contributed by atoms with Crippen LogP contribution in [0, 0.1) is 22.7 Å². The number of aryl methyl sites for hydroxylation is 1. The molecule has 0 unspecified atom stereocenters. The highest BCUT2D eigenvalue weighted by molar-refractivity contribution is 5.90. The number of anilines is 1. The summed E-state index contributed by atoms with van der Waals surface area (Å²) in [6, 6.07) is 10.5. The zero-order valence-corrected chi connectivity index (χ0v) is 11.2. The number of nitrogens with one attached hydrogen (secondary N) is 1. The van der Waals surface area contributed by atoms with Crippen LogP contribution in [0.4, 0.5) is 5.69 Å². The van der Waals surface area contributed by atoms with E-state index >= 15 is 0 Å². The van der Waals surface area contributed by atoms with Crippen LogP contribution in [0.25, 0.3) is 0 Å². The molecule has 1 N–H and O–H groups in total. The quantitative estimate of drug-likeness (QED) is 0.891. The van der Waals surface area contributed by atoms with Crippen molar-refractivity contribution in [3.05, 3.63) is 42.0 Å². The predicted molar refractivity (Wildman–Crippen MR) is 73.8 cm³/mol. The third kappa shape index (κ3) is 4.15. The van der Waals surface area contributed by atoms with Crippen molar-refractivity contribution in [1.82, 2.24) is 14.8 Å². The second-order valence-corrected chi connectivity index (χ2v) is 4.28. The Hall–Kier alpha value is -3.19. The smallest absolute Gasteiger partial charge is 0.252 e. The van der Waals surface area contributed by atoms with Crippen molar-refractivity contribution in [2.75, 3.05) is 5.32 Å². The van der Waals surface area contributed by atoms with Gasteiger partial charge in [0, 0.05) is 18.7 Å². The number of carbonyl (C=O) groups excluding carboxylic acids is 1. The average molecular weight is 280 g/mol. The normalized spacial score (nSPS) is 9.62. The molecule has 7 nitrogen and oxygen atoms in total. The molecule has 0 aliphatic heterocycles. The average Bonchev–Trinajstić information content (AvgIpc) is 2.96. The topological polar surface area (TPSA) is 107 Å². The van der Waals surface area contributed by atoms with Crippen LogP contribution < -0.4 is 5.32 Å². The van der Waals surface area contributed by atoms with E-state index in [4.69, 9.17) is 10.5 Å². The molecule has 104 valence electrons. The zero-order valence-electron chi connectivity index (χ0n) is 11.2. The molecule has 0 atom stereocenters. The Labute approximate surface area is 121 Å². The summed E-state index contributed by atoms with van der Waals surface area (Å²) >= 11 is 0. The molecule has 2 rings (SSSR count). The van der Waals surface area contributed by atoms with Gasteiger partial charge >= 0.3 is 0 Å². The van der Waals surface area contributed by atoms with Crippen molar-refractivity contribution in [1.29, 1.82) is 10.5 Å². The minimum atomic E-state index is -0.111. The van der Waals surface area contributed by atoms with Gasteiger partial charge in [-0.25, -0.2) is 4.98 Å². The number of benzene rings is 1. The first-order valence-corrected chi connectivity index (χ1v) is 6.31. The maximum atomic E-state index is 11.7. The first-order chi connectivity index (χ1) is 10.2. The highest BCUT2D eigenvalue weighted by atomic mass is 16.1. The first kappa shape index (κ1) is 14.2. The molecule has 2 aromatic rings. The van der Waals surface area contributed by atoms with Gasteiger partial charge in [0.2, 0.25) is 5.91 Å². The molecule has 1 aromatic heterocycles. The monoisotopic (exact) mass is 280 g/mol. The molecule has 0 spiro atoms. The molecule has 0 fully saturated rings. The van der Waals surface area contributed by atoms with Gasteiger partial charge < -0.3 is 5.32 Å².